The second-order valence-electron chi connectivity index (χ2n) is 6.73. The Morgan fingerprint density at radius 1 is 1.43 bits per heavy atom. The Labute approximate surface area is 135 Å². The Morgan fingerprint density at radius 2 is 2.17 bits per heavy atom. The van der Waals surface area contributed by atoms with Crippen molar-refractivity contribution in [3.8, 4) is 5.75 Å². The van der Waals surface area contributed by atoms with Gasteiger partial charge in [0.1, 0.15) is 5.82 Å². The number of amides is 1. The third-order valence-corrected chi connectivity index (χ3v) is 4.35. The van der Waals surface area contributed by atoms with Crippen LogP contribution in [0.1, 0.15) is 33.1 Å². The second-order valence-corrected chi connectivity index (χ2v) is 6.73. The van der Waals surface area contributed by atoms with E-state index in [1.807, 2.05) is 4.90 Å². The molecule has 1 aliphatic heterocycles. The summed E-state index contributed by atoms with van der Waals surface area (Å²) in [5.41, 5.74) is 5.98. The topological polar surface area (TPSA) is 55.6 Å². The second kappa shape index (κ2) is 7.25. The number of nitrogens with zero attached hydrogens (tertiary/aromatic N) is 1. The van der Waals surface area contributed by atoms with Crippen molar-refractivity contribution in [1.82, 2.24) is 4.90 Å². The molecular weight excluding hydrogens is 302 g/mol. The number of rotatable bonds is 5. The molecule has 23 heavy (non-hydrogen) atoms. The Balaban J connectivity index is 1.75. The summed E-state index contributed by atoms with van der Waals surface area (Å²) >= 11 is 0. The molecule has 2 N–H and O–H groups in total. The van der Waals surface area contributed by atoms with Gasteiger partial charge in [0.05, 0.1) is 6.61 Å². The Hall–Kier alpha value is -1.69. The van der Waals surface area contributed by atoms with Crippen LogP contribution in [0, 0.1) is 17.0 Å². The van der Waals surface area contributed by atoms with Crippen LogP contribution in [0.2, 0.25) is 0 Å². The van der Waals surface area contributed by atoms with E-state index in [1.54, 1.807) is 0 Å². The number of benzene rings is 1. The van der Waals surface area contributed by atoms with Gasteiger partial charge in [0.2, 0.25) is 5.91 Å². The number of likely N-dealkylation sites (tertiary alicyclic amines) is 1. The maximum Gasteiger partial charge on any atom is 0.222 e. The van der Waals surface area contributed by atoms with E-state index in [-0.39, 0.29) is 29.7 Å². The van der Waals surface area contributed by atoms with Crippen LogP contribution in [-0.2, 0) is 4.79 Å². The van der Waals surface area contributed by atoms with Crippen molar-refractivity contribution in [3.05, 3.63) is 29.8 Å². The van der Waals surface area contributed by atoms with Gasteiger partial charge in [-0.3, -0.25) is 4.79 Å². The van der Waals surface area contributed by atoms with E-state index in [0.29, 0.717) is 25.9 Å². The molecule has 2 rings (SSSR count). The van der Waals surface area contributed by atoms with Crippen LogP contribution in [-0.4, -0.2) is 36.5 Å². The highest BCUT2D eigenvalue weighted by atomic mass is 19.1. The van der Waals surface area contributed by atoms with E-state index in [9.17, 15) is 13.6 Å². The number of piperidine rings is 1. The fourth-order valence-electron chi connectivity index (χ4n) is 2.74. The van der Waals surface area contributed by atoms with Crippen LogP contribution in [0.4, 0.5) is 8.78 Å². The molecule has 0 aliphatic carbocycles. The highest BCUT2D eigenvalue weighted by Gasteiger charge is 2.34. The Kier molecular flexibility index (Phi) is 5.57. The minimum Gasteiger partial charge on any atom is -0.491 e. The molecule has 0 bridgehead atoms. The van der Waals surface area contributed by atoms with Crippen molar-refractivity contribution in [2.45, 2.75) is 39.2 Å². The maximum absolute atomic E-state index is 13.4. The third-order valence-electron chi connectivity index (χ3n) is 4.35. The summed E-state index contributed by atoms with van der Waals surface area (Å²) in [6.07, 6.45) is 1.63. The number of carbonyl (C=O) groups excluding carboxylic acids is 1. The lowest BCUT2D eigenvalue weighted by Crippen LogP contribution is -2.54. The van der Waals surface area contributed by atoms with Crippen molar-refractivity contribution >= 4 is 5.91 Å². The summed E-state index contributed by atoms with van der Waals surface area (Å²) in [7, 11) is 0. The first-order valence-electron chi connectivity index (χ1n) is 7.91. The SMILES string of the molecule is CC1(C)CN(C(=O)CCCOc2ccc(F)cc2F)CCC1N. The lowest BCUT2D eigenvalue weighted by atomic mass is 9.79. The number of carbonyl (C=O) groups is 1. The van der Waals surface area contributed by atoms with Gasteiger partial charge in [-0.1, -0.05) is 13.8 Å². The molecule has 1 saturated heterocycles. The van der Waals surface area contributed by atoms with Crippen LogP contribution in [0.25, 0.3) is 0 Å². The van der Waals surface area contributed by atoms with Crippen molar-refractivity contribution < 1.29 is 18.3 Å². The van der Waals surface area contributed by atoms with Crippen molar-refractivity contribution in [1.29, 1.82) is 0 Å². The van der Waals surface area contributed by atoms with Crippen molar-refractivity contribution in [2.75, 3.05) is 19.7 Å². The highest BCUT2D eigenvalue weighted by Crippen LogP contribution is 2.28. The molecule has 128 valence electrons. The predicted octanol–water partition coefficient (Wildman–Crippen LogP) is 2.71. The molecular formula is C17H24F2N2O2. The van der Waals surface area contributed by atoms with Crippen LogP contribution < -0.4 is 10.5 Å². The molecule has 4 nitrogen and oxygen atoms in total. The molecule has 1 unspecified atom stereocenters. The molecule has 0 aromatic heterocycles. The van der Waals surface area contributed by atoms with E-state index in [1.165, 1.54) is 6.07 Å². The lowest BCUT2D eigenvalue weighted by molar-refractivity contribution is -0.134. The standard InChI is InChI=1S/C17H24F2N2O2/c1-17(2)11-21(8-7-15(17)20)16(22)4-3-9-23-14-6-5-12(18)10-13(14)19/h5-6,10,15H,3-4,7-9,11,20H2,1-2H3. The molecule has 1 atom stereocenters. The zero-order valence-corrected chi connectivity index (χ0v) is 13.6. The summed E-state index contributed by atoms with van der Waals surface area (Å²) in [6.45, 7) is 5.68. The monoisotopic (exact) mass is 326 g/mol. The Bertz CT molecular complexity index is 564. The summed E-state index contributed by atoms with van der Waals surface area (Å²) in [6, 6.07) is 3.28. The van der Waals surface area contributed by atoms with Crippen molar-refractivity contribution in [2.24, 2.45) is 11.1 Å². The van der Waals surface area contributed by atoms with E-state index in [0.717, 1.165) is 18.6 Å². The average molecular weight is 326 g/mol. The minimum absolute atomic E-state index is 0.00364. The third kappa shape index (κ3) is 4.64. The molecule has 0 spiro atoms. The van der Waals surface area contributed by atoms with Crippen LogP contribution >= 0.6 is 0 Å². The molecule has 1 fully saturated rings. The number of nitrogens with two attached hydrogens (primary N) is 1. The van der Waals surface area contributed by atoms with Crippen LogP contribution in [0.15, 0.2) is 18.2 Å². The predicted molar refractivity (Wildman–Crippen MR) is 84.0 cm³/mol. The van der Waals surface area contributed by atoms with E-state index < -0.39 is 11.6 Å². The smallest absolute Gasteiger partial charge is 0.222 e. The fraction of sp³-hybridized carbons (Fsp3) is 0.588. The van der Waals surface area contributed by atoms with Crippen LogP contribution in [0.5, 0.6) is 5.75 Å². The maximum atomic E-state index is 13.4. The van der Waals surface area contributed by atoms with Gasteiger partial charge in [-0.15, -0.1) is 0 Å². The number of hydrogen-bond donors (Lipinski definition) is 1. The number of ether oxygens (including phenoxy) is 1. The largest absolute Gasteiger partial charge is 0.491 e. The first-order chi connectivity index (χ1) is 10.8. The fourth-order valence-corrected chi connectivity index (χ4v) is 2.74. The van der Waals surface area contributed by atoms with E-state index in [2.05, 4.69) is 13.8 Å². The molecule has 0 saturated carbocycles. The lowest BCUT2D eigenvalue weighted by Gasteiger charge is -2.42. The molecule has 1 amide bonds. The number of halogens is 2. The minimum atomic E-state index is -0.733. The van der Waals surface area contributed by atoms with E-state index >= 15 is 0 Å². The molecule has 0 radical (unpaired) electrons. The molecule has 1 aromatic carbocycles. The quantitative estimate of drug-likeness (QED) is 0.847. The molecule has 6 heteroatoms. The summed E-state index contributed by atoms with van der Waals surface area (Å²) in [5, 5.41) is 0. The van der Waals surface area contributed by atoms with Gasteiger partial charge in [-0.25, -0.2) is 8.78 Å². The van der Waals surface area contributed by atoms with Crippen LogP contribution in [0.3, 0.4) is 0 Å². The summed E-state index contributed by atoms with van der Waals surface area (Å²) in [4.78, 5) is 14.1. The summed E-state index contributed by atoms with van der Waals surface area (Å²) in [5.74, 6) is -1.31. The first kappa shape index (κ1) is 17.7. The molecule has 1 aliphatic rings. The average Bonchev–Trinajstić information content (AvgIpc) is 2.48. The van der Waals surface area contributed by atoms with Gasteiger partial charge in [0.15, 0.2) is 11.6 Å². The van der Waals surface area contributed by atoms with Gasteiger partial charge < -0.3 is 15.4 Å². The van der Waals surface area contributed by atoms with Gasteiger partial charge in [0.25, 0.3) is 0 Å². The zero-order chi connectivity index (χ0) is 17.0. The first-order valence-corrected chi connectivity index (χ1v) is 7.91. The molecule has 1 aromatic rings. The van der Waals surface area contributed by atoms with E-state index in [4.69, 9.17) is 10.5 Å². The summed E-state index contributed by atoms with van der Waals surface area (Å²) < 4.78 is 31.4. The highest BCUT2D eigenvalue weighted by molar-refractivity contribution is 5.76. The zero-order valence-electron chi connectivity index (χ0n) is 13.6. The van der Waals surface area contributed by atoms with Gasteiger partial charge in [-0.2, -0.15) is 0 Å². The van der Waals surface area contributed by atoms with Gasteiger partial charge >= 0.3 is 0 Å². The van der Waals surface area contributed by atoms with Gasteiger partial charge in [0, 0.05) is 31.6 Å². The molecule has 1 heterocycles. The Morgan fingerprint density at radius 3 is 2.83 bits per heavy atom. The normalized spacial score (nSPS) is 20.4. The number of hydrogen-bond acceptors (Lipinski definition) is 3. The van der Waals surface area contributed by atoms with Gasteiger partial charge in [-0.05, 0) is 30.4 Å². The van der Waals surface area contributed by atoms with Crippen molar-refractivity contribution in [3.63, 3.8) is 0 Å².